The Morgan fingerprint density at radius 2 is 1.65 bits per heavy atom. The van der Waals surface area contributed by atoms with E-state index in [-0.39, 0.29) is 28.4 Å². The Bertz CT molecular complexity index is 1310. The molecule has 2 aromatic rings. The Kier molecular flexibility index (Phi) is 8.22. The lowest BCUT2D eigenvalue weighted by molar-refractivity contribution is -0.294. The molecule has 2 aromatic carbocycles. The highest BCUT2D eigenvalue weighted by atomic mass is 16.7. The van der Waals surface area contributed by atoms with E-state index < -0.39 is 85.1 Å². The second-order valence-corrected chi connectivity index (χ2v) is 9.04. The van der Waals surface area contributed by atoms with Crippen molar-refractivity contribution in [2.24, 2.45) is 0 Å². The number of carbonyl (C=O) groups excluding carboxylic acids is 1. The average Bonchev–Trinajstić information content (AvgIpc) is 2.89. The van der Waals surface area contributed by atoms with Crippen molar-refractivity contribution in [1.82, 2.24) is 0 Å². The highest BCUT2D eigenvalue weighted by Crippen LogP contribution is 2.45. The Morgan fingerprint density at radius 1 is 0.925 bits per heavy atom. The fourth-order valence-corrected chi connectivity index (χ4v) is 4.04. The number of carboxylic acid groups (broad SMARTS) is 1. The lowest BCUT2D eigenvalue weighted by Gasteiger charge is -2.41. The molecule has 0 aromatic heterocycles. The number of phenols is 4. The van der Waals surface area contributed by atoms with Crippen LogP contribution in [0.15, 0.2) is 36.1 Å². The maximum Gasteiger partial charge on any atom is 0.333 e. The van der Waals surface area contributed by atoms with Crippen LogP contribution in [0.4, 0.5) is 0 Å². The molecule has 4 rings (SSSR count). The summed E-state index contributed by atoms with van der Waals surface area (Å²) in [6, 6.07) is 5.91. The van der Waals surface area contributed by atoms with Gasteiger partial charge in [-0.1, -0.05) is 6.07 Å². The van der Waals surface area contributed by atoms with Crippen molar-refractivity contribution < 1.29 is 74.5 Å². The van der Waals surface area contributed by atoms with Crippen LogP contribution in [0.1, 0.15) is 23.7 Å². The Balaban J connectivity index is 1.59. The minimum absolute atomic E-state index is 0.0105. The number of aliphatic hydroxyl groups excluding tert-OH is 4. The first-order chi connectivity index (χ1) is 18.8. The van der Waals surface area contributed by atoms with E-state index in [2.05, 4.69) is 0 Å². The Morgan fingerprint density at radius 3 is 2.33 bits per heavy atom. The zero-order valence-electron chi connectivity index (χ0n) is 20.4. The molecule has 7 atom stereocenters. The third kappa shape index (κ3) is 5.98. The van der Waals surface area contributed by atoms with Crippen LogP contribution < -0.4 is 4.74 Å². The molecule has 2 aliphatic rings. The van der Waals surface area contributed by atoms with E-state index in [1.165, 1.54) is 24.3 Å². The Hall–Kier alpha value is -4.28. The van der Waals surface area contributed by atoms with Gasteiger partial charge in [-0.3, -0.25) is 4.79 Å². The van der Waals surface area contributed by atoms with Crippen molar-refractivity contribution in [3.8, 4) is 28.7 Å². The summed E-state index contributed by atoms with van der Waals surface area (Å²) in [5, 5.41) is 89.1. The van der Waals surface area contributed by atoms with Crippen molar-refractivity contribution in [3.05, 3.63) is 47.2 Å². The fourth-order valence-electron chi connectivity index (χ4n) is 4.04. The number of aliphatic hydroxyl groups is 4. The number of esters is 1. The van der Waals surface area contributed by atoms with E-state index in [1.54, 1.807) is 0 Å². The molecule has 0 aliphatic carbocycles. The highest BCUT2D eigenvalue weighted by Gasteiger charge is 2.46. The van der Waals surface area contributed by atoms with Gasteiger partial charge in [0.1, 0.15) is 54.0 Å². The number of phenolic OH excluding ortho intramolecular Hbond substituents is 4. The van der Waals surface area contributed by atoms with E-state index in [0.29, 0.717) is 0 Å². The maximum atomic E-state index is 11.8. The number of fused-ring (bicyclic) bond motifs is 1. The van der Waals surface area contributed by atoms with Crippen molar-refractivity contribution in [1.29, 1.82) is 0 Å². The van der Waals surface area contributed by atoms with E-state index in [0.717, 1.165) is 12.1 Å². The summed E-state index contributed by atoms with van der Waals surface area (Å²) in [5.41, 5.74) is 0.267. The number of aliphatic carboxylic acids is 1. The van der Waals surface area contributed by atoms with Crippen LogP contribution in [0.25, 0.3) is 6.08 Å². The second-order valence-electron chi connectivity index (χ2n) is 9.04. The standard InChI is InChI=1S/C25H26O15/c26-10-4-13(28)11-6-17(23(38-16(11)5-10)9-1-2-12(27)14(29)3-9)39-25-22(34)21(33)20(32)18(40-25)8-37-19(31)7-15(30)24(35)36/h1-6,15,18,20-23,25-30,32-34H,7-8H2,(H,35,36)/t15-,18+,20+,21+,22-,23?,25+/m0/s1. The van der Waals surface area contributed by atoms with Gasteiger partial charge in [0.05, 0.1) is 12.0 Å². The minimum atomic E-state index is -2.02. The molecule has 0 spiro atoms. The number of carbonyl (C=O) groups is 2. The number of rotatable bonds is 8. The third-order valence-corrected chi connectivity index (χ3v) is 6.17. The average molecular weight is 566 g/mol. The van der Waals surface area contributed by atoms with Crippen LogP contribution in [-0.2, 0) is 23.8 Å². The molecule has 0 bridgehead atoms. The lowest BCUT2D eigenvalue weighted by atomic mass is 9.98. The van der Waals surface area contributed by atoms with Crippen molar-refractivity contribution in [3.63, 3.8) is 0 Å². The molecule has 1 fully saturated rings. The normalized spacial score (nSPS) is 26.6. The van der Waals surface area contributed by atoms with Crippen LogP contribution in [-0.4, -0.2) is 101 Å². The number of hydrogen-bond donors (Lipinski definition) is 9. The van der Waals surface area contributed by atoms with Gasteiger partial charge in [-0.25, -0.2) is 4.79 Å². The molecule has 15 nitrogen and oxygen atoms in total. The highest BCUT2D eigenvalue weighted by molar-refractivity contribution is 5.80. The molecule has 0 saturated carbocycles. The van der Waals surface area contributed by atoms with Gasteiger partial charge in [-0.2, -0.15) is 0 Å². The van der Waals surface area contributed by atoms with Gasteiger partial charge in [0, 0.05) is 17.7 Å². The molecule has 216 valence electrons. The third-order valence-electron chi connectivity index (χ3n) is 6.17. The largest absolute Gasteiger partial charge is 0.508 e. The molecule has 1 unspecified atom stereocenters. The van der Waals surface area contributed by atoms with Crippen molar-refractivity contribution in [2.75, 3.05) is 6.61 Å². The molecule has 40 heavy (non-hydrogen) atoms. The zero-order chi connectivity index (χ0) is 29.3. The van der Waals surface area contributed by atoms with E-state index >= 15 is 0 Å². The molecule has 0 radical (unpaired) electrons. The second kappa shape index (κ2) is 11.4. The first-order valence-electron chi connectivity index (χ1n) is 11.7. The first kappa shape index (κ1) is 28.7. The van der Waals surface area contributed by atoms with E-state index in [9.17, 15) is 50.4 Å². The molecule has 15 heteroatoms. The summed E-state index contributed by atoms with van der Waals surface area (Å²) < 4.78 is 22.0. The predicted octanol–water partition coefficient (Wildman–Crippen LogP) is -0.813. The van der Waals surface area contributed by atoms with Gasteiger partial charge in [0.2, 0.25) is 6.29 Å². The topological polar surface area (TPSA) is 253 Å². The van der Waals surface area contributed by atoms with Gasteiger partial charge < -0.3 is 64.9 Å². The predicted molar refractivity (Wildman–Crippen MR) is 128 cm³/mol. The van der Waals surface area contributed by atoms with Crippen molar-refractivity contribution in [2.45, 2.75) is 49.3 Å². The van der Waals surface area contributed by atoms with Gasteiger partial charge in [-0.05, 0) is 18.2 Å². The van der Waals surface area contributed by atoms with Crippen LogP contribution in [0.2, 0.25) is 0 Å². The number of carboxylic acids is 1. The van der Waals surface area contributed by atoms with Crippen molar-refractivity contribution >= 4 is 18.0 Å². The fraction of sp³-hybridized carbons (Fsp3) is 0.360. The summed E-state index contributed by atoms with van der Waals surface area (Å²) in [4.78, 5) is 22.6. The first-order valence-corrected chi connectivity index (χ1v) is 11.7. The van der Waals surface area contributed by atoms with Gasteiger partial charge in [-0.15, -0.1) is 0 Å². The molecular formula is C25H26O15. The summed E-state index contributed by atoms with van der Waals surface area (Å²) in [6.45, 7) is -0.719. The molecule has 2 aliphatic heterocycles. The maximum absolute atomic E-state index is 11.8. The summed E-state index contributed by atoms with van der Waals surface area (Å²) in [6.07, 6.45) is -11.6. The Labute approximate surface area is 224 Å². The van der Waals surface area contributed by atoms with Crippen LogP contribution in [0.5, 0.6) is 28.7 Å². The monoisotopic (exact) mass is 566 g/mol. The molecule has 0 amide bonds. The summed E-state index contributed by atoms with van der Waals surface area (Å²) in [7, 11) is 0. The van der Waals surface area contributed by atoms with Crippen LogP contribution >= 0.6 is 0 Å². The van der Waals surface area contributed by atoms with Gasteiger partial charge in [0.25, 0.3) is 0 Å². The number of benzene rings is 2. The quantitative estimate of drug-likeness (QED) is 0.140. The molecule has 2 heterocycles. The lowest BCUT2D eigenvalue weighted by Crippen LogP contribution is -2.59. The number of aromatic hydroxyl groups is 4. The minimum Gasteiger partial charge on any atom is -0.508 e. The number of hydrogen-bond acceptors (Lipinski definition) is 14. The molecule has 1 saturated heterocycles. The summed E-state index contributed by atoms with van der Waals surface area (Å²) >= 11 is 0. The van der Waals surface area contributed by atoms with Gasteiger partial charge >= 0.3 is 11.9 Å². The smallest absolute Gasteiger partial charge is 0.333 e. The van der Waals surface area contributed by atoms with Gasteiger partial charge in [0.15, 0.2) is 23.7 Å². The van der Waals surface area contributed by atoms with Crippen LogP contribution in [0.3, 0.4) is 0 Å². The molecule has 9 N–H and O–H groups in total. The molecular weight excluding hydrogens is 540 g/mol. The van der Waals surface area contributed by atoms with Crippen LogP contribution in [0, 0.1) is 0 Å². The van der Waals surface area contributed by atoms with E-state index in [4.69, 9.17) is 24.1 Å². The SMILES string of the molecule is O=C(C[C@H](O)C(=O)O)OC[C@H]1O[C@@H](OC2=Cc3c(O)cc(O)cc3OC2c2ccc(O)c(O)c2)[C@@H](O)[C@H](O)[C@@H]1O. The number of ether oxygens (including phenoxy) is 4. The zero-order valence-corrected chi connectivity index (χ0v) is 20.4. The van der Waals surface area contributed by atoms with E-state index in [1.807, 2.05) is 0 Å². The summed E-state index contributed by atoms with van der Waals surface area (Å²) in [5.74, 6) is -4.60.